The van der Waals surface area contributed by atoms with E-state index in [0.717, 1.165) is 11.3 Å². The van der Waals surface area contributed by atoms with E-state index in [1.54, 1.807) is 0 Å². The van der Waals surface area contributed by atoms with Gasteiger partial charge in [-0.25, -0.2) is 0 Å². The van der Waals surface area contributed by atoms with Gasteiger partial charge in [0.25, 0.3) is 0 Å². The predicted octanol–water partition coefficient (Wildman–Crippen LogP) is 9.73. The summed E-state index contributed by atoms with van der Waals surface area (Å²) in [6.45, 7) is 8.37. The zero-order chi connectivity index (χ0) is 22.9. The van der Waals surface area contributed by atoms with Crippen molar-refractivity contribution < 1.29 is 1.37 Å². The van der Waals surface area contributed by atoms with Gasteiger partial charge in [-0.2, -0.15) is 0 Å². The summed E-state index contributed by atoms with van der Waals surface area (Å²) in [5.41, 5.74) is 4.48. The molecule has 158 valence electrons. The van der Waals surface area contributed by atoms with Crippen LogP contribution in [0.5, 0.6) is 0 Å². The van der Waals surface area contributed by atoms with Gasteiger partial charge in [0, 0.05) is 53.5 Å². The third-order valence-corrected chi connectivity index (χ3v) is 8.69. The molecule has 0 radical (unpaired) electrons. The Morgan fingerprint density at radius 2 is 1.56 bits per heavy atom. The Bertz CT molecular complexity index is 1680. The number of hydrogen-bond acceptors (Lipinski definition) is 3. The summed E-state index contributed by atoms with van der Waals surface area (Å²) in [4.78, 5) is 4.78. The minimum absolute atomic E-state index is 0.499. The predicted molar refractivity (Wildman–Crippen MR) is 144 cm³/mol. The van der Waals surface area contributed by atoms with Crippen LogP contribution < -0.4 is 0 Å². The van der Waals surface area contributed by atoms with Crippen molar-refractivity contribution in [3.8, 4) is 11.3 Å². The summed E-state index contributed by atoms with van der Waals surface area (Å²) < 4.78 is 13.8. The van der Waals surface area contributed by atoms with Crippen molar-refractivity contribution in [2.45, 2.75) is 39.5 Å². The minimum Gasteiger partial charge on any atom is -0.256 e. The van der Waals surface area contributed by atoms with Gasteiger partial charge in [0.15, 0.2) is 0 Å². The minimum atomic E-state index is -0.662. The molecule has 0 amide bonds. The Labute approximate surface area is 197 Å². The van der Waals surface area contributed by atoms with Crippen LogP contribution in [-0.2, 0) is 0 Å². The third-order valence-electron chi connectivity index (χ3n) is 6.39. The van der Waals surface area contributed by atoms with E-state index in [-0.39, 0.29) is 0 Å². The summed E-state index contributed by atoms with van der Waals surface area (Å²) in [6, 6.07) is 22.1. The molecule has 0 aliphatic carbocycles. The van der Waals surface area contributed by atoms with Crippen LogP contribution in [0.25, 0.3) is 51.6 Å². The second-order valence-corrected chi connectivity index (χ2v) is 11.2. The van der Waals surface area contributed by atoms with Gasteiger partial charge in [-0.15, -0.1) is 22.7 Å². The van der Waals surface area contributed by atoms with Crippen molar-refractivity contribution in [2.75, 3.05) is 0 Å². The highest BCUT2D eigenvalue weighted by Crippen LogP contribution is 2.48. The molecule has 0 spiro atoms. The van der Waals surface area contributed by atoms with Crippen molar-refractivity contribution in [3.05, 3.63) is 78.0 Å². The van der Waals surface area contributed by atoms with Crippen LogP contribution in [0.4, 0.5) is 0 Å². The number of fused-ring (bicyclic) bond motifs is 7. The maximum atomic E-state index is 8.53. The number of pyridine rings is 1. The Hall–Kier alpha value is -2.75. The molecule has 32 heavy (non-hydrogen) atoms. The van der Waals surface area contributed by atoms with Crippen LogP contribution in [0.3, 0.4) is 0 Å². The van der Waals surface area contributed by atoms with Gasteiger partial charge in [0.05, 0.1) is 5.69 Å². The SMILES string of the molecule is [2H]C(C)(C)c1ccnc(-c2cc3sc4ccccc4c3c3c2sc2cc(C(C)C)ccc23)c1. The van der Waals surface area contributed by atoms with E-state index >= 15 is 0 Å². The fourth-order valence-corrected chi connectivity index (χ4v) is 7.05. The van der Waals surface area contributed by atoms with E-state index in [1.807, 2.05) is 48.8 Å². The quantitative estimate of drug-likeness (QED) is 0.260. The molecular weight excluding hydrogens is 426 g/mol. The first-order chi connectivity index (χ1) is 15.8. The Morgan fingerprint density at radius 1 is 0.750 bits per heavy atom. The van der Waals surface area contributed by atoms with Crippen molar-refractivity contribution in [2.24, 2.45) is 0 Å². The van der Waals surface area contributed by atoms with Crippen LogP contribution in [0.15, 0.2) is 66.9 Å². The van der Waals surface area contributed by atoms with E-state index in [1.165, 1.54) is 51.5 Å². The molecule has 3 heterocycles. The van der Waals surface area contributed by atoms with Crippen LogP contribution in [-0.4, -0.2) is 4.98 Å². The number of aromatic nitrogens is 1. The van der Waals surface area contributed by atoms with E-state index in [9.17, 15) is 0 Å². The lowest BCUT2D eigenvalue weighted by Gasteiger charge is -2.09. The molecule has 0 aliphatic rings. The first-order valence-corrected chi connectivity index (χ1v) is 12.7. The second kappa shape index (κ2) is 7.40. The summed E-state index contributed by atoms with van der Waals surface area (Å²) in [5, 5.41) is 5.35. The smallest absolute Gasteiger partial charge is 0.0719 e. The number of thiophene rings is 2. The van der Waals surface area contributed by atoms with Gasteiger partial charge < -0.3 is 0 Å². The first kappa shape index (κ1) is 18.8. The lowest BCUT2D eigenvalue weighted by molar-refractivity contribution is 0.864. The molecule has 3 aromatic carbocycles. The molecule has 0 saturated carbocycles. The molecule has 1 nitrogen and oxygen atoms in total. The third kappa shape index (κ3) is 2.99. The number of benzene rings is 3. The zero-order valence-corrected chi connectivity index (χ0v) is 20.3. The standard InChI is InChI=1S/C29H25NS2/c1-16(2)18-9-10-21-25(14-18)32-29-22(23-13-19(17(3)4)11-12-30-23)15-26-27(28(21)29)20-7-5-6-8-24(20)31-26/h5-17H,1-4H3/i17D. The van der Waals surface area contributed by atoms with Gasteiger partial charge in [-0.05, 0) is 53.3 Å². The topological polar surface area (TPSA) is 12.9 Å². The number of rotatable bonds is 3. The fraction of sp³-hybridized carbons (Fsp3) is 0.207. The summed E-state index contributed by atoms with van der Waals surface area (Å²) >= 11 is 3.73. The van der Waals surface area contributed by atoms with Crippen molar-refractivity contribution >= 4 is 63.0 Å². The Morgan fingerprint density at radius 3 is 2.38 bits per heavy atom. The molecular formula is C29H25NS2. The van der Waals surface area contributed by atoms with Crippen LogP contribution in [0, 0.1) is 0 Å². The van der Waals surface area contributed by atoms with Crippen LogP contribution in [0.2, 0.25) is 0 Å². The summed E-state index contributed by atoms with van der Waals surface area (Å²) in [6.07, 6.45) is 1.85. The average molecular weight is 453 g/mol. The van der Waals surface area contributed by atoms with E-state index < -0.39 is 5.89 Å². The van der Waals surface area contributed by atoms with Gasteiger partial charge in [-0.1, -0.05) is 58.0 Å². The van der Waals surface area contributed by atoms with Gasteiger partial charge >= 0.3 is 0 Å². The van der Waals surface area contributed by atoms with Gasteiger partial charge in [0.2, 0.25) is 0 Å². The molecule has 0 atom stereocenters. The fourth-order valence-electron chi connectivity index (χ4n) is 4.61. The summed E-state index contributed by atoms with van der Waals surface area (Å²) in [7, 11) is 0. The average Bonchev–Trinajstić information content (AvgIpc) is 3.35. The molecule has 3 aromatic heterocycles. The monoisotopic (exact) mass is 452 g/mol. The molecule has 0 bridgehead atoms. The number of nitrogens with zero attached hydrogens (tertiary/aromatic N) is 1. The Kier molecular flexibility index (Phi) is 4.34. The molecule has 0 fully saturated rings. The molecule has 0 unspecified atom stereocenters. The van der Waals surface area contributed by atoms with Gasteiger partial charge in [0.1, 0.15) is 0 Å². The van der Waals surface area contributed by atoms with E-state index in [4.69, 9.17) is 6.35 Å². The lowest BCUT2D eigenvalue weighted by Crippen LogP contribution is -1.91. The maximum absolute atomic E-state index is 8.53. The normalized spacial score (nSPS) is 13.1. The lowest BCUT2D eigenvalue weighted by atomic mass is 9.97. The molecule has 0 aliphatic heterocycles. The highest BCUT2D eigenvalue weighted by molar-refractivity contribution is 7.28. The Balaban J connectivity index is 1.78. The molecule has 3 heteroatoms. The zero-order valence-electron chi connectivity index (χ0n) is 19.7. The van der Waals surface area contributed by atoms with Crippen molar-refractivity contribution in [1.29, 1.82) is 0 Å². The maximum Gasteiger partial charge on any atom is 0.0719 e. The highest BCUT2D eigenvalue weighted by atomic mass is 32.1. The van der Waals surface area contributed by atoms with Crippen molar-refractivity contribution in [1.82, 2.24) is 4.98 Å². The van der Waals surface area contributed by atoms with Gasteiger partial charge in [-0.3, -0.25) is 4.98 Å². The van der Waals surface area contributed by atoms with E-state index in [2.05, 4.69) is 68.4 Å². The first-order valence-electron chi connectivity index (χ1n) is 11.6. The highest BCUT2D eigenvalue weighted by Gasteiger charge is 2.19. The molecule has 6 rings (SSSR count). The van der Waals surface area contributed by atoms with Crippen LogP contribution in [0.1, 0.15) is 52.0 Å². The largest absolute Gasteiger partial charge is 0.256 e. The van der Waals surface area contributed by atoms with Crippen molar-refractivity contribution in [3.63, 3.8) is 0 Å². The van der Waals surface area contributed by atoms with Crippen LogP contribution >= 0.6 is 22.7 Å². The second-order valence-electron chi connectivity index (χ2n) is 9.04. The molecule has 0 saturated heterocycles. The molecule has 6 aromatic rings. The van der Waals surface area contributed by atoms with E-state index in [0.29, 0.717) is 5.92 Å². The number of hydrogen-bond donors (Lipinski definition) is 0. The molecule has 0 N–H and O–H groups in total. The summed E-state index contributed by atoms with van der Waals surface area (Å²) in [5.74, 6) is -0.163.